The molecule has 0 N–H and O–H groups in total. The number of aryl methyl sites for hydroxylation is 1. The maximum atomic E-state index is 13.0. The molecule has 2 heterocycles. The van der Waals surface area contributed by atoms with E-state index in [9.17, 15) is 4.79 Å². The maximum Gasteiger partial charge on any atom is 0.256 e. The van der Waals surface area contributed by atoms with Gasteiger partial charge in [0, 0.05) is 61.9 Å². The first kappa shape index (κ1) is 17.1. The van der Waals surface area contributed by atoms with Crippen LogP contribution in [0.3, 0.4) is 0 Å². The van der Waals surface area contributed by atoms with Crippen molar-refractivity contribution in [3.05, 3.63) is 70.9 Å². The molecule has 1 fully saturated rings. The predicted molar refractivity (Wildman–Crippen MR) is 106 cm³/mol. The van der Waals surface area contributed by atoms with Gasteiger partial charge in [-0.05, 0) is 23.8 Å². The number of carbonyl (C=O) groups is 1. The lowest BCUT2D eigenvalue weighted by Crippen LogP contribution is -2.48. The first-order valence-corrected chi connectivity index (χ1v) is 9.30. The fourth-order valence-corrected chi connectivity index (χ4v) is 3.90. The van der Waals surface area contributed by atoms with E-state index in [0.717, 1.165) is 54.2 Å². The highest BCUT2D eigenvalue weighted by Gasteiger charge is 2.24. The van der Waals surface area contributed by atoms with Gasteiger partial charge in [-0.1, -0.05) is 41.9 Å². The fourth-order valence-electron chi connectivity index (χ4n) is 3.69. The van der Waals surface area contributed by atoms with Crippen molar-refractivity contribution in [2.75, 3.05) is 26.2 Å². The van der Waals surface area contributed by atoms with Gasteiger partial charge in [0.25, 0.3) is 5.91 Å². The zero-order valence-electron chi connectivity index (χ0n) is 14.9. The second kappa shape index (κ2) is 7.14. The van der Waals surface area contributed by atoms with Crippen LogP contribution in [0, 0.1) is 0 Å². The van der Waals surface area contributed by atoms with Crippen LogP contribution in [0.5, 0.6) is 0 Å². The highest BCUT2D eigenvalue weighted by molar-refractivity contribution is 6.30. The van der Waals surface area contributed by atoms with Gasteiger partial charge in [0.05, 0.1) is 5.56 Å². The van der Waals surface area contributed by atoms with E-state index in [0.29, 0.717) is 0 Å². The lowest BCUT2D eigenvalue weighted by molar-refractivity contribution is 0.0630. The molecule has 3 aromatic rings. The first-order valence-electron chi connectivity index (χ1n) is 8.92. The van der Waals surface area contributed by atoms with E-state index in [-0.39, 0.29) is 5.91 Å². The van der Waals surface area contributed by atoms with Crippen LogP contribution in [0.4, 0.5) is 0 Å². The Morgan fingerprint density at radius 1 is 1.04 bits per heavy atom. The van der Waals surface area contributed by atoms with Gasteiger partial charge in [-0.15, -0.1) is 0 Å². The van der Waals surface area contributed by atoms with Crippen molar-refractivity contribution in [2.24, 2.45) is 7.05 Å². The monoisotopic (exact) mass is 367 g/mol. The van der Waals surface area contributed by atoms with Crippen molar-refractivity contribution in [3.63, 3.8) is 0 Å². The van der Waals surface area contributed by atoms with Crippen LogP contribution in [0.15, 0.2) is 54.7 Å². The van der Waals surface area contributed by atoms with Gasteiger partial charge in [0.15, 0.2) is 0 Å². The number of piperazine rings is 1. The minimum atomic E-state index is 0.129. The molecule has 0 saturated carbocycles. The molecule has 1 amide bonds. The van der Waals surface area contributed by atoms with Gasteiger partial charge in [0.2, 0.25) is 0 Å². The maximum absolute atomic E-state index is 13.0. The third-order valence-electron chi connectivity index (χ3n) is 5.08. The summed E-state index contributed by atoms with van der Waals surface area (Å²) in [5.74, 6) is 0.129. The van der Waals surface area contributed by atoms with E-state index in [2.05, 4.69) is 17.0 Å². The third-order valence-corrected chi connectivity index (χ3v) is 5.32. The smallest absolute Gasteiger partial charge is 0.256 e. The normalized spacial score (nSPS) is 15.5. The molecule has 2 aromatic carbocycles. The van der Waals surface area contributed by atoms with E-state index in [1.54, 1.807) is 0 Å². The van der Waals surface area contributed by atoms with E-state index in [1.807, 2.05) is 59.1 Å². The van der Waals surface area contributed by atoms with Crippen LogP contribution in [-0.2, 0) is 13.6 Å². The molecular formula is C21H22ClN3O. The molecule has 0 aliphatic carbocycles. The Morgan fingerprint density at radius 3 is 2.58 bits per heavy atom. The molecule has 0 radical (unpaired) electrons. The molecule has 0 spiro atoms. The summed E-state index contributed by atoms with van der Waals surface area (Å²) in [6.45, 7) is 4.13. The second-order valence-electron chi connectivity index (χ2n) is 6.87. The van der Waals surface area contributed by atoms with Gasteiger partial charge in [-0.2, -0.15) is 0 Å². The average Bonchev–Trinajstić information content (AvgIpc) is 2.99. The number of fused-ring (bicyclic) bond motifs is 1. The van der Waals surface area contributed by atoms with E-state index >= 15 is 0 Å². The van der Waals surface area contributed by atoms with Crippen LogP contribution in [0.25, 0.3) is 10.9 Å². The molecule has 1 saturated heterocycles. The van der Waals surface area contributed by atoms with Gasteiger partial charge in [0.1, 0.15) is 0 Å². The van der Waals surface area contributed by atoms with Crippen molar-refractivity contribution in [1.29, 1.82) is 0 Å². The summed E-state index contributed by atoms with van der Waals surface area (Å²) in [7, 11) is 1.99. The highest BCUT2D eigenvalue weighted by atomic mass is 35.5. The van der Waals surface area contributed by atoms with E-state index in [1.165, 1.54) is 5.56 Å². The molecule has 26 heavy (non-hydrogen) atoms. The SMILES string of the molecule is Cn1cc(C(=O)N2CCN(Cc3cccc(Cl)c3)CC2)c2ccccc21. The lowest BCUT2D eigenvalue weighted by Gasteiger charge is -2.34. The topological polar surface area (TPSA) is 28.5 Å². The number of rotatable bonds is 3. The number of hydrogen-bond acceptors (Lipinski definition) is 2. The Labute approximate surface area is 158 Å². The molecule has 5 heteroatoms. The summed E-state index contributed by atoms with van der Waals surface area (Å²) in [5.41, 5.74) is 3.10. The van der Waals surface area contributed by atoms with Crippen molar-refractivity contribution in [2.45, 2.75) is 6.54 Å². The second-order valence-corrected chi connectivity index (χ2v) is 7.31. The Kier molecular flexibility index (Phi) is 4.70. The van der Waals surface area contributed by atoms with Crippen molar-refractivity contribution >= 4 is 28.4 Å². The third kappa shape index (κ3) is 3.35. The number of carbonyl (C=O) groups excluding carboxylic acids is 1. The Morgan fingerprint density at radius 2 is 1.81 bits per heavy atom. The number of amides is 1. The predicted octanol–water partition coefficient (Wildman–Crippen LogP) is 3.79. The molecule has 0 bridgehead atoms. The molecule has 134 valence electrons. The molecule has 1 aliphatic heterocycles. The van der Waals surface area contributed by atoms with Gasteiger partial charge in [-0.25, -0.2) is 0 Å². The quantitative estimate of drug-likeness (QED) is 0.704. The number of hydrogen-bond donors (Lipinski definition) is 0. The number of halogens is 1. The zero-order chi connectivity index (χ0) is 18.1. The Hall–Kier alpha value is -2.30. The van der Waals surface area contributed by atoms with Crippen LogP contribution in [0.1, 0.15) is 15.9 Å². The minimum Gasteiger partial charge on any atom is -0.350 e. The van der Waals surface area contributed by atoms with Gasteiger partial charge < -0.3 is 9.47 Å². The summed E-state index contributed by atoms with van der Waals surface area (Å²) in [4.78, 5) is 17.4. The zero-order valence-corrected chi connectivity index (χ0v) is 15.6. The summed E-state index contributed by atoms with van der Waals surface area (Å²) in [6, 6.07) is 16.1. The first-order chi connectivity index (χ1) is 12.6. The lowest BCUT2D eigenvalue weighted by atomic mass is 10.1. The Bertz CT molecular complexity index is 941. The molecule has 1 aromatic heterocycles. The van der Waals surface area contributed by atoms with Gasteiger partial charge >= 0.3 is 0 Å². The molecule has 4 rings (SSSR count). The van der Waals surface area contributed by atoms with Crippen molar-refractivity contribution in [1.82, 2.24) is 14.4 Å². The molecular weight excluding hydrogens is 346 g/mol. The average molecular weight is 368 g/mol. The number of nitrogens with zero attached hydrogens (tertiary/aromatic N) is 3. The molecule has 4 nitrogen and oxygen atoms in total. The van der Waals surface area contributed by atoms with Gasteiger partial charge in [-0.3, -0.25) is 9.69 Å². The van der Waals surface area contributed by atoms with E-state index < -0.39 is 0 Å². The molecule has 1 aliphatic rings. The number of benzene rings is 2. The number of aromatic nitrogens is 1. The largest absolute Gasteiger partial charge is 0.350 e. The van der Waals surface area contributed by atoms with Crippen LogP contribution >= 0.6 is 11.6 Å². The minimum absolute atomic E-state index is 0.129. The van der Waals surface area contributed by atoms with E-state index in [4.69, 9.17) is 11.6 Å². The number of para-hydroxylation sites is 1. The van der Waals surface area contributed by atoms with Crippen molar-refractivity contribution in [3.8, 4) is 0 Å². The van der Waals surface area contributed by atoms with Crippen LogP contribution < -0.4 is 0 Å². The molecule has 0 unspecified atom stereocenters. The summed E-state index contributed by atoms with van der Waals surface area (Å²) < 4.78 is 2.03. The summed E-state index contributed by atoms with van der Waals surface area (Å²) in [5, 5.41) is 1.80. The standard InChI is InChI=1S/C21H22ClN3O/c1-23-15-19(18-7-2-3-8-20(18)23)21(26)25-11-9-24(10-12-25)14-16-5-4-6-17(22)13-16/h2-8,13,15H,9-12,14H2,1H3. The van der Waals surface area contributed by atoms with Crippen LogP contribution in [0.2, 0.25) is 5.02 Å². The van der Waals surface area contributed by atoms with Crippen LogP contribution in [-0.4, -0.2) is 46.5 Å². The summed E-state index contributed by atoms with van der Waals surface area (Å²) >= 11 is 6.07. The highest BCUT2D eigenvalue weighted by Crippen LogP contribution is 2.22. The Balaban J connectivity index is 1.43. The fraction of sp³-hybridized carbons (Fsp3) is 0.286. The van der Waals surface area contributed by atoms with Crippen molar-refractivity contribution < 1.29 is 4.79 Å². The summed E-state index contributed by atoms with van der Waals surface area (Å²) in [6.07, 6.45) is 1.95. The molecule has 0 atom stereocenters.